The van der Waals surface area contributed by atoms with Crippen molar-refractivity contribution >= 4 is 11.7 Å². The molecule has 1 fully saturated rings. The van der Waals surface area contributed by atoms with Crippen LogP contribution in [0.5, 0.6) is 0 Å². The maximum absolute atomic E-state index is 13.2. The number of hydrogen-bond acceptors (Lipinski definition) is 6. The Morgan fingerprint density at radius 3 is 2.60 bits per heavy atom. The molecule has 1 amide bonds. The lowest BCUT2D eigenvalue weighted by atomic mass is 9.84. The first-order valence-corrected chi connectivity index (χ1v) is 9.77. The maximum Gasteiger partial charge on any atom is 0.271 e. The van der Waals surface area contributed by atoms with Crippen molar-refractivity contribution in [3.05, 3.63) is 83.8 Å². The Bertz CT molecular complexity index is 1010. The first-order valence-electron chi connectivity index (χ1n) is 9.77. The van der Waals surface area contributed by atoms with Crippen LogP contribution in [0, 0.1) is 5.82 Å². The number of aliphatic hydroxyl groups is 1. The second kappa shape index (κ2) is 8.54. The van der Waals surface area contributed by atoms with E-state index in [1.165, 1.54) is 18.3 Å². The van der Waals surface area contributed by atoms with Gasteiger partial charge in [-0.25, -0.2) is 9.37 Å². The van der Waals surface area contributed by atoms with Crippen molar-refractivity contribution in [3.8, 4) is 0 Å². The summed E-state index contributed by atoms with van der Waals surface area (Å²) in [6.07, 6.45) is 5.64. The highest BCUT2D eigenvalue weighted by molar-refractivity contribution is 5.92. The molecule has 2 N–H and O–H groups in total. The van der Waals surface area contributed by atoms with Gasteiger partial charge in [0.05, 0.1) is 30.2 Å². The molecule has 154 valence electrons. The highest BCUT2D eigenvalue weighted by Crippen LogP contribution is 2.34. The molecule has 4 rings (SSSR count). The largest absolute Gasteiger partial charge is 0.385 e. The summed E-state index contributed by atoms with van der Waals surface area (Å²) in [5.74, 6) is -0.0651. The van der Waals surface area contributed by atoms with Crippen LogP contribution in [0.3, 0.4) is 0 Å². The normalized spacial score (nSPS) is 15.6. The summed E-state index contributed by atoms with van der Waals surface area (Å²) < 4.78 is 13.2. The van der Waals surface area contributed by atoms with E-state index >= 15 is 0 Å². The van der Waals surface area contributed by atoms with Gasteiger partial charge in [0, 0.05) is 19.3 Å². The summed E-state index contributed by atoms with van der Waals surface area (Å²) >= 11 is 0. The van der Waals surface area contributed by atoms with Crippen LogP contribution in [0.25, 0.3) is 0 Å². The number of amides is 1. The molecule has 1 aromatic carbocycles. The average molecular weight is 407 g/mol. The number of halogens is 1. The number of hydrogen-bond donors (Lipinski definition) is 2. The van der Waals surface area contributed by atoms with Crippen LogP contribution in [0.15, 0.2) is 61.1 Å². The second-order valence-corrected chi connectivity index (χ2v) is 7.29. The number of nitrogens with zero attached hydrogens (tertiary/aromatic N) is 4. The van der Waals surface area contributed by atoms with Gasteiger partial charge in [-0.05, 0) is 42.7 Å². The van der Waals surface area contributed by atoms with E-state index in [0.717, 1.165) is 5.69 Å². The highest BCUT2D eigenvalue weighted by Gasteiger charge is 2.34. The molecule has 2 aromatic heterocycles. The van der Waals surface area contributed by atoms with Gasteiger partial charge in [0.25, 0.3) is 5.91 Å². The molecule has 0 unspecified atom stereocenters. The monoisotopic (exact) mass is 407 g/mol. The first kappa shape index (κ1) is 19.9. The molecule has 0 radical (unpaired) electrons. The van der Waals surface area contributed by atoms with Gasteiger partial charge in [-0.1, -0.05) is 18.2 Å². The van der Waals surface area contributed by atoms with E-state index in [1.807, 2.05) is 23.1 Å². The molecule has 0 spiro atoms. The van der Waals surface area contributed by atoms with Gasteiger partial charge >= 0.3 is 0 Å². The molecular formula is C22H22FN5O2. The molecule has 3 heterocycles. The lowest BCUT2D eigenvalue weighted by molar-refractivity contribution is 0.0116. The Labute approximate surface area is 173 Å². The zero-order valence-electron chi connectivity index (χ0n) is 16.3. The zero-order valence-corrected chi connectivity index (χ0v) is 16.3. The third kappa shape index (κ3) is 4.44. The van der Waals surface area contributed by atoms with Gasteiger partial charge < -0.3 is 15.3 Å². The molecule has 8 heteroatoms. The third-order valence-electron chi connectivity index (χ3n) is 5.31. The molecular weight excluding hydrogens is 385 g/mol. The quantitative estimate of drug-likeness (QED) is 0.675. The van der Waals surface area contributed by atoms with E-state index in [-0.39, 0.29) is 17.4 Å². The van der Waals surface area contributed by atoms with Crippen molar-refractivity contribution in [2.45, 2.75) is 25.0 Å². The van der Waals surface area contributed by atoms with E-state index in [0.29, 0.717) is 43.9 Å². The van der Waals surface area contributed by atoms with Crippen LogP contribution in [0.1, 0.15) is 34.6 Å². The first-order chi connectivity index (χ1) is 14.5. The van der Waals surface area contributed by atoms with E-state index in [2.05, 4.69) is 20.3 Å². The fourth-order valence-electron chi connectivity index (χ4n) is 3.54. The summed E-state index contributed by atoms with van der Waals surface area (Å²) in [7, 11) is 0. The molecule has 30 heavy (non-hydrogen) atoms. The number of anilines is 1. The van der Waals surface area contributed by atoms with Crippen LogP contribution in [0.2, 0.25) is 0 Å². The lowest BCUT2D eigenvalue weighted by Crippen LogP contribution is -2.43. The average Bonchev–Trinajstić information content (AvgIpc) is 2.79. The molecule has 0 bridgehead atoms. The fourth-order valence-corrected chi connectivity index (χ4v) is 3.54. The minimum atomic E-state index is -1.00. The van der Waals surface area contributed by atoms with Crippen molar-refractivity contribution in [2.75, 3.05) is 18.0 Å². The Kier molecular flexibility index (Phi) is 5.67. The fraction of sp³-hybridized carbons (Fsp3) is 0.273. The van der Waals surface area contributed by atoms with Crippen LogP contribution in [-0.4, -0.2) is 39.1 Å². The molecule has 3 aromatic rings. The topological polar surface area (TPSA) is 91.2 Å². The molecule has 0 saturated carbocycles. The van der Waals surface area contributed by atoms with Gasteiger partial charge in [-0.15, -0.1) is 0 Å². The second-order valence-electron chi connectivity index (χ2n) is 7.29. The van der Waals surface area contributed by atoms with Crippen molar-refractivity contribution in [1.82, 2.24) is 20.3 Å². The van der Waals surface area contributed by atoms with Gasteiger partial charge in [0.2, 0.25) is 0 Å². The summed E-state index contributed by atoms with van der Waals surface area (Å²) in [4.78, 5) is 27.2. The number of aromatic nitrogens is 3. The van der Waals surface area contributed by atoms with Gasteiger partial charge in [0.15, 0.2) is 0 Å². The summed E-state index contributed by atoms with van der Waals surface area (Å²) in [5, 5.41) is 13.8. The maximum atomic E-state index is 13.2. The van der Waals surface area contributed by atoms with E-state index in [1.54, 1.807) is 24.5 Å². The van der Waals surface area contributed by atoms with Gasteiger partial charge in [-0.2, -0.15) is 0 Å². The Morgan fingerprint density at radius 2 is 1.90 bits per heavy atom. The lowest BCUT2D eigenvalue weighted by Gasteiger charge is -2.39. The Hall–Kier alpha value is -3.39. The molecule has 0 atom stereocenters. The molecule has 0 aliphatic carbocycles. The Balaban J connectivity index is 1.39. The molecule has 7 nitrogen and oxygen atoms in total. The van der Waals surface area contributed by atoms with Crippen molar-refractivity contribution in [3.63, 3.8) is 0 Å². The minimum Gasteiger partial charge on any atom is -0.385 e. The number of pyridine rings is 1. The molecule has 1 aliphatic rings. The Morgan fingerprint density at radius 1 is 1.13 bits per heavy atom. The number of carbonyl (C=O) groups is 1. The summed E-state index contributed by atoms with van der Waals surface area (Å²) in [6, 6.07) is 11.5. The SMILES string of the molecule is O=C(NCc1ccccn1)c1cncc(N2CCC(O)(c3ccc(F)cc3)CC2)n1. The van der Waals surface area contributed by atoms with Crippen molar-refractivity contribution < 1.29 is 14.3 Å². The number of carbonyl (C=O) groups excluding carboxylic acids is 1. The number of nitrogens with one attached hydrogen (secondary N) is 1. The predicted octanol–water partition coefficient (Wildman–Crippen LogP) is 2.43. The van der Waals surface area contributed by atoms with Gasteiger partial charge in [-0.3, -0.25) is 14.8 Å². The van der Waals surface area contributed by atoms with E-state index in [9.17, 15) is 14.3 Å². The number of rotatable bonds is 5. The van der Waals surface area contributed by atoms with E-state index < -0.39 is 5.60 Å². The standard InChI is InChI=1S/C22H22FN5O2/c23-17-6-4-16(5-7-17)22(30)8-11-28(12-9-22)20-15-24-14-19(27-20)21(29)26-13-18-3-1-2-10-25-18/h1-7,10,14-15,30H,8-9,11-13H2,(H,26,29). The van der Waals surface area contributed by atoms with Gasteiger partial charge in [0.1, 0.15) is 17.3 Å². The summed E-state index contributed by atoms with van der Waals surface area (Å²) in [5.41, 5.74) is 0.682. The number of piperidine rings is 1. The summed E-state index contributed by atoms with van der Waals surface area (Å²) in [6.45, 7) is 1.39. The van der Waals surface area contributed by atoms with Crippen molar-refractivity contribution in [1.29, 1.82) is 0 Å². The van der Waals surface area contributed by atoms with Crippen molar-refractivity contribution in [2.24, 2.45) is 0 Å². The van der Waals surface area contributed by atoms with E-state index in [4.69, 9.17) is 0 Å². The smallest absolute Gasteiger partial charge is 0.271 e. The zero-order chi connectivity index (χ0) is 21.0. The van der Waals surface area contributed by atoms with Crippen LogP contribution >= 0.6 is 0 Å². The van der Waals surface area contributed by atoms with Crippen LogP contribution in [0.4, 0.5) is 10.2 Å². The number of benzene rings is 1. The third-order valence-corrected chi connectivity index (χ3v) is 5.31. The predicted molar refractivity (Wildman–Crippen MR) is 109 cm³/mol. The van der Waals surface area contributed by atoms with Crippen LogP contribution in [-0.2, 0) is 12.1 Å². The minimum absolute atomic E-state index is 0.225. The highest BCUT2D eigenvalue weighted by atomic mass is 19.1. The molecule has 1 aliphatic heterocycles. The van der Waals surface area contributed by atoms with Crippen LogP contribution < -0.4 is 10.2 Å². The molecule has 1 saturated heterocycles.